The minimum atomic E-state index is 0.612. The van der Waals surface area contributed by atoms with E-state index in [9.17, 15) is 0 Å². The topological polar surface area (TPSA) is 15.3 Å². The molecule has 3 heteroatoms. The van der Waals surface area contributed by atoms with Gasteiger partial charge in [-0.1, -0.05) is 13.0 Å². The van der Waals surface area contributed by atoms with E-state index in [1.807, 2.05) is 18.4 Å². The lowest BCUT2D eigenvalue weighted by Gasteiger charge is -2.28. The molecule has 0 spiro atoms. The van der Waals surface area contributed by atoms with Gasteiger partial charge in [0.2, 0.25) is 0 Å². The van der Waals surface area contributed by atoms with E-state index in [4.69, 9.17) is 0 Å². The second kappa shape index (κ2) is 7.05. The zero-order valence-electron chi connectivity index (χ0n) is 10.9. The van der Waals surface area contributed by atoms with Crippen LogP contribution in [0, 0.1) is 5.92 Å². The highest BCUT2D eigenvalue weighted by molar-refractivity contribution is 7.09. The van der Waals surface area contributed by atoms with E-state index >= 15 is 0 Å². The lowest BCUT2D eigenvalue weighted by Crippen LogP contribution is -2.36. The Morgan fingerprint density at radius 3 is 2.62 bits per heavy atom. The molecule has 16 heavy (non-hydrogen) atoms. The maximum absolute atomic E-state index is 3.25. The SMILES string of the molecule is CNCC(C)CN(Cc1cccs1)C(C)C. The summed E-state index contributed by atoms with van der Waals surface area (Å²) in [5.74, 6) is 0.701. The molecule has 92 valence electrons. The molecule has 0 saturated carbocycles. The summed E-state index contributed by atoms with van der Waals surface area (Å²) in [6.45, 7) is 10.2. The zero-order valence-corrected chi connectivity index (χ0v) is 11.7. The molecule has 1 atom stereocenters. The highest BCUT2D eigenvalue weighted by Gasteiger charge is 2.13. The van der Waals surface area contributed by atoms with E-state index in [0.717, 1.165) is 19.6 Å². The monoisotopic (exact) mass is 240 g/mol. The predicted molar refractivity (Wildman–Crippen MR) is 73.0 cm³/mol. The molecule has 2 nitrogen and oxygen atoms in total. The van der Waals surface area contributed by atoms with Crippen molar-refractivity contribution < 1.29 is 0 Å². The first kappa shape index (κ1) is 13.7. The summed E-state index contributed by atoms with van der Waals surface area (Å²) in [5, 5.41) is 5.40. The van der Waals surface area contributed by atoms with Gasteiger partial charge in [-0.15, -0.1) is 11.3 Å². The smallest absolute Gasteiger partial charge is 0.0330 e. The number of hydrogen-bond acceptors (Lipinski definition) is 3. The maximum atomic E-state index is 3.25. The van der Waals surface area contributed by atoms with E-state index < -0.39 is 0 Å². The van der Waals surface area contributed by atoms with Crippen LogP contribution >= 0.6 is 11.3 Å². The molecule has 0 aromatic carbocycles. The third-order valence-electron chi connectivity index (χ3n) is 2.77. The summed E-state index contributed by atoms with van der Waals surface area (Å²) < 4.78 is 0. The normalized spacial score (nSPS) is 13.6. The van der Waals surface area contributed by atoms with Gasteiger partial charge < -0.3 is 5.32 Å². The van der Waals surface area contributed by atoms with E-state index in [2.05, 4.69) is 48.5 Å². The number of nitrogens with zero attached hydrogens (tertiary/aromatic N) is 1. The second-order valence-electron chi connectivity index (χ2n) is 4.77. The molecule has 0 aliphatic heterocycles. The third kappa shape index (κ3) is 4.64. The first-order chi connectivity index (χ1) is 7.63. The van der Waals surface area contributed by atoms with Crippen LogP contribution in [-0.2, 0) is 6.54 Å². The van der Waals surface area contributed by atoms with Crippen molar-refractivity contribution >= 4 is 11.3 Å². The fourth-order valence-corrected chi connectivity index (χ4v) is 2.60. The molecular formula is C13H24N2S. The van der Waals surface area contributed by atoms with Crippen LogP contribution in [0.1, 0.15) is 25.6 Å². The molecule has 0 saturated heterocycles. The van der Waals surface area contributed by atoms with Gasteiger partial charge in [0.25, 0.3) is 0 Å². The summed E-state index contributed by atoms with van der Waals surface area (Å²) in [5.41, 5.74) is 0. The van der Waals surface area contributed by atoms with Crippen molar-refractivity contribution in [1.29, 1.82) is 0 Å². The molecule has 1 aromatic heterocycles. The van der Waals surface area contributed by atoms with Crippen molar-refractivity contribution in [3.63, 3.8) is 0 Å². The summed E-state index contributed by atoms with van der Waals surface area (Å²) in [7, 11) is 2.02. The van der Waals surface area contributed by atoms with Crippen molar-refractivity contribution in [2.24, 2.45) is 5.92 Å². The van der Waals surface area contributed by atoms with Crippen molar-refractivity contribution in [1.82, 2.24) is 10.2 Å². The van der Waals surface area contributed by atoms with Crippen molar-refractivity contribution in [2.75, 3.05) is 20.1 Å². The van der Waals surface area contributed by atoms with Crippen molar-refractivity contribution in [3.05, 3.63) is 22.4 Å². The largest absolute Gasteiger partial charge is 0.319 e. The predicted octanol–water partition coefficient (Wildman–Crippen LogP) is 2.81. The molecule has 0 amide bonds. The Labute approximate surface area is 104 Å². The average molecular weight is 240 g/mol. The van der Waals surface area contributed by atoms with E-state index in [1.54, 1.807) is 0 Å². The van der Waals surface area contributed by atoms with Gasteiger partial charge in [-0.05, 0) is 44.8 Å². The molecule has 1 aromatic rings. The Balaban J connectivity index is 2.48. The Morgan fingerprint density at radius 2 is 2.12 bits per heavy atom. The van der Waals surface area contributed by atoms with Crippen LogP contribution in [0.4, 0.5) is 0 Å². The third-order valence-corrected chi connectivity index (χ3v) is 3.63. The number of rotatable bonds is 7. The Morgan fingerprint density at radius 1 is 1.38 bits per heavy atom. The summed E-state index contributed by atoms with van der Waals surface area (Å²) in [6.07, 6.45) is 0. The van der Waals surface area contributed by atoms with Crippen LogP contribution in [0.2, 0.25) is 0 Å². The summed E-state index contributed by atoms with van der Waals surface area (Å²) >= 11 is 1.85. The molecule has 1 unspecified atom stereocenters. The van der Waals surface area contributed by atoms with Gasteiger partial charge in [-0.25, -0.2) is 0 Å². The van der Waals surface area contributed by atoms with Gasteiger partial charge in [0.1, 0.15) is 0 Å². The molecule has 1 rings (SSSR count). The van der Waals surface area contributed by atoms with Crippen LogP contribution in [0.15, 0.2) is 17.5 Å². The fourth-order valence-electron chi connectivity index (χ4n) is 1.87. The van der Waals surface area contributed by atoms with Gasteiger partial charge in [0.05, 0.1) is 0 Å². The summed E-state index contributed by atoms with van der Waals surface area (Å²) in [6, 6.07) is 4.97. The van der Waals surface area contributed by atoms with Gasteiger partial charge in [-0.3, -0.25) is 4.90 Å². The molecule has 1 N–H and O–H groups in total. The van der Waals surface area contributed by atoms with Crippen LogP contribution in [-0.4, -0.2) is 31.1 Å². The Hall–Kier alpha value is -0.380. The Kier molecular flexibility index (Phi) is 6.03. The standard InChI is InChI=1S/C13H24N2S/c1-11(2)15(9-12(3)8-14-4)10-13-6-5-7-16-13/h5-7,11-12,14H,8-10H2,1-4H3. The van der Waals surface area contributed by atoms with Gasteiger partial charge in [-0.2, -0.15) is 0 Å². The van der Waals surface area contributed by atoms with Crippen molar-refractivity contribution in [2.45, 2.75) is 33.4 Å². The van der Waals surface area contributed by atoms with Gasteiger partial charge in [0, 0.05) is 24.0 Å². The molecular weight excluding hydrogens is 216 g/mol. The molecule has 0 radical (unpaired) electrons. The van der Waals surface area contributed by atoms with E-state index in [0.29, 0.717) is 12.0 Å². The molecule has 1 heterocycles. The number of nitrogens with one attached hydrogen (secondary N) is 1. The second-order valence-corrected chi connectivity index (χ2v) is 5.80. The maximum Gasteiger partial charge on any atom is 0.0330 e. The first-order valence-electron chi connectivity index (χ1n) is 6.04. The minimum absolute atomic E-state index is 0.612. The quantitative estimate of drug-likeness (QED) is 0.788. The minimum Gasteiger partial charge on any atom is -0.319 e. The molecule has 0 aliphatic carbocycles. The fraction of sp³-hybridized carbons (Fsp3) is 0.692. The number of thiophene rings is 1. The lowest BCUT2D eigenvalue weighted by molar-refractivity contribution is 0.185. The van der Waals surface area contributed by atoms with E-state index in [1.165, 1.54) is 4.88 Å². The summed E-state index contributed by atoms with van der Waals surface area (Å²) in [4.78, 5) is 4.01. The molecule has 0 aliphatic rings. The zero-order chi connectivity index (χ0) is 12.0. The van der Waals surface area contributed by atoms with Crippen LogP contribution in [0.5, 0.6) is 0 Å². The van der Waals surface area contributed by atoms with Crippen LogP contribution in [0.3, 0.4) is 0 Å². The highest BCUT2D eigenvalue weighted by Crippen LogP contribution is 2.15. The van der Waals surface area contributed by atoms with E-state index in [-0.39, 0.29) is 0 Å². The van der Waals surface area contributed by atoms with Crippen molar-refractivity contribution in [3.8, 4) is 0 Å². The number of hydrogen-bond donors (Lipinski definition) is 1. The average Bonchev–Trinajstić information content (AvgIpc) is 2.69. The van der Waals surface area contributed by atoms with Gasteiger partial charge in [0.15, 0.2) is 0 Å². The molecule has 0 bridgehead atoms. The van der Waals surface area contributed by atoms with Crippen LogP contribution < -0.4 is 5.32 Å². The molecule has 0 fully saturated rings. The lowest BCUT2D eigenvalue weighted by atomic mass is 10.1. The first-order valence-corrected chi connectivity index (χ1v) is 6.92. The van der Waals surface area contributed by atoms with Crippen LogP contribution in [0.25, 0.3) is 0 Å². The highest BCUT2D eigenvalue weighted by atomic mass is 32.1. The Bertz CT molecular complexity index is 269. The van der Waals surface area contributed by atoms with Gasteiger partial charge >= 0.3 is 0 Å².